The molecule has 15 heavy (non-hydrogen) atoms. The Bertz CT molecular complexity index is 274. The first-order valence-electron chi connectivity index (χ1n) is 5.03. The SMILES string of the molecule is [Na+].[O-]C(=[Se])CCCCCc1ccccc1. The molecular formula is C12H15NaOSe. The number of hydrogen-bond acceptors (Lipinski definition) is 1. The quantitative estimate of drug-likeness (QED) is 0.456. The molecule has 0 saturated heterocycles. The molecule has 0 bridgehead atoms. The Morgan fingerprint density at radius 3 is 2.33 bits per heavy atom. The van der Waals surface area contributed by atoms with Gasteiger partial charge < -0.3 is 0 Å². The molecule has 0 heterocycles. The first-order chi connectivity index (χ1) is 6.79. The summed E-state index contributed by atoms with van der Waals surface area (Å²) in [7, 11) is 0. The molecule has 0 radical (unpaired) electrons. The van der Waals surface area contributed by atoms with Gasteiger partial charge in [0, 0.05) is 0 Å². The third kappa shape index (κ3) is 8.24. The van der Waals surface area contributed by atoms with Crippen LogP contribution >= 0.6 is 0 Å². The molecule has 0 unspecified atom stereocenters. The predicted molar refractivity (Wildman–Crippen MR) is 59.4 cm³/mol. The second-order valence-electron chi connectivity index (χ2n) is 3.42. The van der Waals surface area contributed by atoms with Gasteiger partial charge in [0.25, 0.3) is 0 Å². The van der Waals surface area contributed by atoms with Crippen LogP contribution in [0.4, 0.5) is 0 Å². The average molecular weight is 277 g/mol. The molecule has 0 saturated carbocycles. The summed E-state index contributed by atoms with van der Waals surface area (Å²) < 4.78 is 0.185. The van der Waals surface area contributed by atoms with Crippen molar-refractivity contribution >= 4 is 20.2 Å². The zero-order valence-electron chi connectivity index (χ0n) is 9.24. The van der Waals surface area contributed by atoms with Gasteiger partial charge in [-0.1, -0.05) is 0 Å². The zero-order chi connectivity index (χ0) is 10.2. The summed E-state index contributed by atoms with van der Waals surface area (Å²) in [4.78, 5) is 0. The van der Waals surface area contributed by atoms with Gasteiger partial charge in [-0.05, 0) is 0 Å². The normalized spacial score (nSPS) is 9.33. The van der Waals surface area contributed by atoms with Crippen molar-refractivity contribution in [3.8, 4) is 0 Å². The standard InChI is InChI=1S/C12H16OSe.Na/c13-12(14)10-6-2-5-9-11-7-3-1-4-8-11;/h1,3-4,7-8H,2,5-6,9-10H2,(H,13,14);/q;+1/p-1. The van der Waals surface area contributed by atoms with E-state index in [4.69, 9.17) is 0 Å². The van der Waals surface area contributed by atoms with E-state index in [2.05, 4.69) is 39.8 Å². The fourth-order valence-electron chi connectivity index (χ4n) is 1.42. The van der Waals surface area contributed by atoms with Crippen molar-refractivity contribution in [2.75, 3.05) is 0 Å². The van der Waals surface area contributed by atoms with Crippen molar-refractivity contribution in [1.82, 2.24) is 0 Å². The minimum atomic E-state index is 0. The van der Waals surface area contributed by atoms with E-state index in [1.807, 2.05) is 6.07 Å². The van der Waals surface area contributed by atoms with Crippen LogP contribution in [-0.2, 0) is 6.42 Å². The Balaban J connectivity index is 0.00000196. The van der Waals surface area contributed by atoms with Crippen molar-refractivity contribution < 1.29 is 34.7 Å². The van der Waals surface area contributed by atoms with E-state index in [-0.39, 0.29) is 34.2 Å². The zero-order valence-corrected chi connectivity index (χ0v) is 13.0. The maximum absolute atomic E-state index is 10.6. The molecule has 76 valence electrons. The third-order valence-electron chi connectivity index (χ3n) is 2.19. The fraction of sp³-hybridized carbons (Fsp3) is 0.417. The topological polar surface area (TPSA) is 23.1 Å². The van der Waals surface area contributed by atoms with Gasteiger partial charge in [-0.15, -0.1) is 0 Å². The number of unbranched alkanes of at least 4 members (excludes halogenated alkanes) is 2. The number of aryl methyl sites for hydroxylation is 1. The number of rotatable bonds is 6. The Morgan fingerprint density at radius 1 is 1.07 bits per heavy atom. The minimum absolute atomic E-state index is 0. The number of hydrogen-bond donors (Lipinski definition) is 0. The first kappa shape index (κ1) is 15.4. The Labute approximate surface area is 122 Å². The van der Waals surface area contributed by atoms with Crippen molar-refractivity contribution in [2.45, 2.75) is 32.1 Å². The molecule has 0 atom stereocenters. The van der Waals surface area contributed by atoms with Crippen molar-refractivity contribution in [3.63, 3.8) is 0 Å². The van der Waals surface area contributed by atoms with E-state index in [9.17, 15) is 5.11 Å². The van der Waals surface area contributed by atoms with Gasteiger partial charge in [0.05, 0.1) is 0 Å². The fourth-order valence-corrected chi connectivity index (χ4v) is 1.72. The van der Waals surface area contributed by atoms with Crippen LogP contribution in [0.15, 0.2) is 30.3 Å². The molecule has 0 aliphatic carbocycles. The van der Waals surface area contributed by atoms with Crippen LogP contribution in [0.3, 0.4) is 0 Å². The van der Waals surface area contributed by atoms with Crippen LogP contribution in [-0.4, -0.2) is 20.2 Å². The molecule has 3 heteroatoms. The predicted octanol–water partition coefficient (Wildman–Crippen LogP) is -1.55. The molecule has 0 aliphatic heterocycles. The van der Waals surface area contributed by atoms with Gasteiger partial charge in [0.15, 0.2) is 0 Å². The monoisotopic (exact) mass is 278 g/mol. The molecule has 0 aliphatic rings. The molecule has 1 rings (SSSR count). The maximum atomic E-state index is 10.6. The van der Waals surface area contributed by atoms with E-state index < -0.39 is 0 Å². The molecule has 0 spiro atoms. The van der Waals surface area contributed by atoms with Crippen molar-refractivity contribution in [3.05, 3.63) is 35.9 Å². The molecule has 1 nitrogen and oxygen atoms in total. The Hall–Kier alpha value is 0.409. The van der Waals surface area contributed by atoms with Crippen LogP contribution in [0, 0.1) is 0 Å². The van der Waals surface area contributed by atoms with Gasteiger partial charge in [0.1, 0.15) is 0 Å². The number of benzene rings is 1. The van der Waals surface area contributed by atoms with Crippen molar-refractivity contribution in [2.24, 2.45) is 0 Å². The second kappa shape index (κ2) is 9.62. The van der Waals surface area contributed by atoms with Gasteiger partial charge in [0.2, 0.25) is 0 Å². The van der Waals surface area contributed by atoms with Crippen molar-refractivity contribution in [1.29, 1.82) is 0 Å². The van der Waals surface area contributed by atoms with Crippen LogP contribution in [0.5, 0.6) is 0 Å². The van der Waals surface area contributed by atoms with E-state index in [1.54, 1.807) is 0 Å². The summed E-state index contributed by atoms with van der Waals surface area (Å²) in [5.74, 6) is 0. The molecule has 0 amide bonds. The summed E-state index contributed by atoms with van der Waals surface area (Å²) in [5, 5.41) is 10.6. The summed E-state index contributed by atoms with van der Waals surface area (Å²) in [6, 6.07) is 10.5. The third-order valence-corrected chi connectivity index (χ3v) is 2.62. The van der Waals surface area contributed by atoms with E-state index in [0.717, 1.165) is 19.3 Å². The van der Waals surface area contributed by atoms with Gasteiger partial charge in [-0.25, -0.2) is 0 Å². The van der Waals surface area contributed by atoms with Gasteiger partial charge >= 0.3 is 123 Å². The summed E-state index contributed by atoms with van der Waals surface area (Å²) in [6.45, 7) is 0. The van der Waals surface area contributed by atoms with E-state index in [1.165, 1.54) is 12.0 Å². The average Bonchev–Trinajstić information content (AvgIpc) is 2.18. The van der Waals surface area contributed by atoms with E-state index >= 15 is 0 Å². The molecule has 1 aromatic carbocycles. The van der Waals surface area contributed by atoms with Crippen LogP contribution < -0.4 is 34.7 Å². The van der Waals surface area contributed by atoms with Gasteiger partial charge in [-0.3, -0.25) is 0 Å². The summed E-state index contributed by atoms with van der Waals surface area (Å²) in [6.07, 6.45) is 5.15. The van der Waals surface area contributed by atoms with Crippen LogP contribution in [0.2, 0.25) is 0 Å². The van der Waals surface area contributed by atoms with Crippen LogP contribution in [0.1, 0.15) is 31.2 Å². The van der Waals surface area contributed by atoms with E-state index in [0.29, 0.717) is 6.42 Å². The molecule has 0 aromatic heterocycles. The van der Waals surface area contributed by atoms with Gasteiger partial charge in [-0.2, -0.15) is 0 Å². The summed E-state index contributed by atoms with van der Waals surface area (Å²) in [5.41, 5.74) is 1.39. The molecule has 1 aromatic rings. The Kier molecular flexibility index (Phi) is 9.89. The molecule has 0 N–H and O–H groups in total. The second-order valence-corrected chi connectivity index (χ2v) is 4.37. The summed E-state index contributed by atoms with van der Waals surface area (Å²) >= 11 is 2.51. The molecule has 0 fully saturated rings. The molecular weight excluding hydrogens is 262 g/mol. The van der Waals surface area contributed by atoms with Crippen LogP contribution in [0.25, 0.3) is 0 Å². The first-order valence-corrected chi connectivity index (χ1v) is 5.88. The Morgan fingerprint density at radius 2 is 1.73 bits per heavy atom.